The maximum Gasteiger partial charge on any atom is 0.317 e. The Bertz CT molecular complexity index is 1410. The molecule has 0 saturated carbocycles. The van der Waals surface area contributed by atoms with Crippen LogP contribution >= 0.6 is 0 Å². The van der Waals surface area contributed by atoms with Gasteiger partial charge in [0.1, 0.15) is 23.4 Å². The van der Waals surface area contributed by atoms with Gasteiger partial charge in [-0.25, -0.2) is 9.36 Å². The molecule has 12 heteroatoms. The second kappa shape index (κ2) is 9.90. The largest absolute Gasteiger partial charge is 0.480 e. The van der Waals surface area contributed by atoms with E-state index in [1.54, 1.807) is 9.36 Å². The number of carbonyl (C=O) groups is 2. The Morgan fingerprint density at radius 2 is 1.06 bits per heavy atom. The zero-order chi connectivity index (χ0) is 25.1. The van der Waals surface area contributed by atoms with E-state index in [1.807, 2.05) is 72.8 Å². The van der Waals surface area contributed by atoms with Gasteiger partial charge in [0.05, 0.1) is 24.1 Å². The highest BCUT2D eigenvalue weighted by atomic mass is 16.4. The molecule has 0 aliphatic heterocycles. The van der Waals surface area contributed by atoms with Gasteiger partial charge in [-0.1, -0.05) is 59.0 Å². The molecule has 0 fully saturated rings. The minimum absolute atomic E-state index is 0.283. The quantitative estimate of drug-likeness (QED) is 0.228. The third kappa shape index (κ3) is 4.62. The Morgan fingerprint density at radius 3 is 1.44 bits per heavy atom. The van der Waals surface area contributed by atoms with Crippen LogP contribution in [0.1, 0.15) is 23.5 Å². The van der Waals surface area contributed by atoms with E-state index in [-0.39, 0.29) is 13.1 Å². The smallest absolute Gasteiger partial charge is 0.317 e. The Balaban J connectivity index is 1.51. The first-order chi connectivity index (χ1) is 17.5. The molecule has 5 rings (SSSR count). The number of aliphatic carboxylic acids is 2. The van der Waals surface area contributed by atoms with Gasteiger partial charge < -0.3 is 10.2 Å². The molecule has 4 N–H and O–H groups in total. The Hall–Kier alpha value is -4.68. The first kappa shape index (κ1) is 23.1. The van der Waals surface area contributed by atoms with Crippen LogP contribution in [0.15, 0.2) is 72.8 Å². The third-order valence-electron chi connectivity index (χ3n) is 5.71. The van der Waals surface area contributed by atoms with Crippen LogP contribution in [0.4, 0.5) is 0 Å². The Morgan fingerprint density at radius 1 is 0.667 bits per heavy atom. The lowest BCUT2D eigenvalue weighted by Gasteiger charge is -2.22. The van der Waals surface area contributed by atoms with Crippen LogP contribution in [0.2, 0.25) is 0 Å². The highest BCUT2D eigenvalue weighted by Gasteiger charge is 2.22. The number of fused-ring (bicyclic) bond motifs is 2. The molecule has 0 amide bonds. The molecule has 0 bridgehead atoms. The van der Waals surface area contributed by atoms with E-state index < -0.39 is 24.3 Å². The monoisotopic (exact) mass is 486 g/mol. The average molecular weight is 486 g/mol. The molecule has 2 aromatic heterocycles. The fourth-order valence-corrected chi connectivity index (χ4v) is 4.08. The van der Waals surface area contributed by atoms with Crippen LogP contribution in [-0.4, -0.2) is 65.2 Å². The molecule has 2 unspecified atom stereocenters. The zero-order valence-corrected chi connectivity index (χ0v) is 18.9. The number of carboxylic acid groups (broad SMARTS) is 2. The molecular formula is C24H22N8O4. The number of hydrogen-bond acceptors (Lipinski definition) is 8. The number of para-hydroxylation sites is 2. The van der Waals surface area contributed by atoms with E-state index >= 15 is 0 Å². The molecule has 2 heterocycles. The molecule has 182 valence electrons. The lowest BCUT2D eigenvalue weighted by molar-refractivity contribution is -0.137. The number of nitrogens with zero attached hydrogens (tertiary/aromatic N) is 6. The highest BCUT2D eigenvalue weighted by molar-refractivity contribution is 5.75. The predicted molar refractivity (Wildman–Crippen MR) is 129 cm³/mol. The fraction of sp³-hybridized carbons (Fsp3) is 0.167. The van der Waals surface area contributed by atoms with Gasteiger partial charge >= 0.3 is 11.9 Å². The van der Waals surface area contributed by atoms with Gasteiger partial charge in [-0.3, -0.25) is 20.2 Å². The van der Waals surface area contributed by atoms with E-state index in [0.29, 0.717) is 11.0 Å². The van der Waals surface area contributed by atoms with Gasteiger partial charge in [-0.2, -0.15) is 0 Å². The van der Waals surface area contributed by atoms with Crippen LogP contribution in [0.5, 0.6) is 0 Å². The number of benzene rings is 3. The summed E-state index contributed by atoms with van der Waals surface area (Å²) in [6.07, 6.45) is -1.19. The van der Waals surface area contributed by atoms with E-state index in [9.17, 15) is 19.8 Å². The number of carboxylic acids is 2. The lowest BCUT2D eigenvalue weighted by atomic mass is 10.1. The van der Waals surface area contributed by atoms with Crippen molar-refractivity contribution in [1.82, 2.24) is 40.6 Å². The summed E-state index contributed by atoms with van der Waals surface area (Å²) in [5, 5.41) is 41.4. The number of aromatic nitrogens is 6. The minimum atomic E-state index is -1.00. The van der Waals surface area contributed by atoms with Gasteiger partial charge in [0.2, 0.25) is 0 Å². The van der Waals surface area contributed by atoms with E-state index in [2.05, 4.69) is 31.3 Å². The summed E-state index contributed by atoms with van der Waals surface area (Å²) >= 11 is 0. The summed E-state index contributed by atoms with van der Waals surface area (Å²) in [4.78, 5) is 22.6. The average Bonchev–Trinajstić information content (AvgIpc) is 3.50. The lowest BCUT2D eigenvalue weighted by Crippen LogP contribution is -2.34. The van der Waals surface area contributed by atoms with Crippen LogP contribution in [0.25, 0.3) is 22.1 Å². The second-order valence-corrected chi connectivity index (χ2v) is 8.07. The topological polar surface area (TPSA) is 160 Å². The fourth-order valence-electron chi connectivity index (χ4n) is 4.08. The van der Waals surface area contributed by atoms with E-state index in [1.165, 1.54) is 0 Å². The van der Waals surface area contributed by atoms with Crippen molar-refractivity contribution in [2.24, 2.45) is 0 Å². The van der Waals surface area contributed by atoms with Crippen molar-refractivity contribution in [1.29, 1.82) is 0 Å². The van der Waals surface area contributed by atoms with Gasteiger partial charge in [-0.05, 0) is 35.4 Å². The normalized spacial score (nSPS) is 13.1. The molecule has 36 heavy (non-hydrogen) atoms. The second-order valence-electron chi connectivity index (χ2n) is 8.07. The van der Waals surface area contributed by atoms with Crippen LogP contribution in [0.3, 0.4) is 0 Å². The summed E-state index contributed by atoms with van der Waals surface area (Å²) in [5.74, 6) is -2.01. The standard InChI is InChI=1S/C24H22N8O4/c33-21(34)13-25-23(31-19-7-3-1-5-17(19)27-29-31)15-9-11-16(12-10-15)24(26-14-22(35)36)32-20-8-4-2-6-18(20)28-30-32/h1-12,23-26H,13-14H2,(H,33,34)(H,35,36). The predicted octanol–water partition coefficient (Wildman–Crippen LogP) is 1.62. The molecule has 0 spiro atoms. The highest BCUT2D eigenvalue weighted by Crippen LogP contribution is 2.24. The maximum atomic E-state index is 11.3. The first-order valence-electron chi connectivity index (χ1n) is 11.1. The number of hydrogen-bond donors (Lipinski definition) is 4. The van der Waals surface area contributed by atoms with Crippen molar-refractivity contribution in [2.45, 2.75) is 12.3 Å². The SMILES string of the molecule is O=C(O)CNC(c1ccc(C(NCC(=O)O)n2nnc3ccccc32)cc1)n1nnc2ccccc21. The Kier molecular flexibility index (Phi) is 6.34. The summed E-state index contributed by atoms with van der Waals surface area (Å²) in [6, 6.07) is 22.2. The van der Waals surface area contributed by atoms with E-state index in [4.69, 9.17) is 0 Å². The van der Waals surface area contributed by atoms with Crippen LogP contribution in [-0.2, 0) is 9.59 Å². The third-order valence-corrected chi connectivity index (χ3v) is 5.71. The number of rotatable bonds is 10. The minimum Gasteiger partial charge on any atom is -0.480 e. The summed E-state index contributed by atoms with van der Waals surface area (Å²) in [5.41, 5.74) is 4.37. The maximum absolute atomic E-state index is 11.3. The van der Waals surface area contributed by atoms with Crippen molar-refractivity contribution in [3.63, 3.8) is 0 Å². The molecule has 12 nitrogen and oxygen atoms in total. The van der Waals surface area contributed by atoms with Gasteiger partial charge in [-0.15, -0.1) is 10.2 Å². The van der Waals surface area contributed by atoms with Crippen molar-refractivity contribution >= 4 is 34.0 Å². The summed E-state index contributed by atoms with van der Waals surface area (Å²) in [7, 11) is 0. The summed E-state index contributed by atoms with van der Waals surface area (Å²) < 4.78 is 3.27. The van der Waals surface area contributed by atoms with Crippen molar-refractivity contribution < 1.29 is 19.8 Å². The van der Waals surface area contributed by atoms with Crippen LogP contribution in [0, 0.1) is 0 Å². The van der Waals surface area contributed by atoms with Crippen molar-refractivity contribution in [3.8, 4) is 0 Å². The molecule has 0 saturated heterocycles. The molecule has 2 atom stereocenters. The van der Waals surface area contributed by atoms with Crippen LogP contribution < -0.4 is 10.6 Å². The van der Waals surface area contributed by atoms with Gasteiger partial charge in [0.15, 0.2) is 0 Å². The molecule has 5 aromatic rings. The van der Waals surface area contributed by atoms with Crippen molar-refractivity contribution in [2.75, 3.05) is 13.1 Å². The molecule has 0 aliphatic carbocycles. The Labute approximate surface area is 204 Å². The molecule has 0 radical (unpaired) electrons. The van der Waals surface area contributed by atoms with Crippen molar-refractivity contribution in [3.05, 3.63) is 83.9 Å². The molecule has 0 aliphatic rings. The van der Waals surface area contributed by atoms with Gasteiger partial charge in [0.25, 0.3) is 0 Å². The molecular weight excluding hydrogens is 464 g/mol. The van der Waals surface area contributed by atoms with Gasteiger partial charge in [0, 0.05) is 0 Å². The number of nitrogens with one attached hydrogen (secondary N) is 2. The molecule has 3 aromatic carbocycles. The summed E-state index contributed by atoms with van der Waals surface area (Å²) in [6.45, 7) is -0.567. The first-order valence-corrected chi connectivity index (χ1v) is 11.1. The van der Waals surface area contributed by atoms with E-state index in [0.717, 1.165) is 22.2 Å². The zero-order valence-electron chi connectivity index (χ0n) is 18.9.